The van der Waals surface area contributed by atoms with Gasteiger partial charge < -0.3 is 10.4 Å². The van der Waals surface area contributed by atoms with Crippen LogP contribution >= 0.6 is 11.6 Å². The molecule has 1 amide bonds. The smallest absolute Gasteiger partial charge is 0.253 e. The maximum absolute atomic E-state index is 12.9. The third kappa shape index (κ3) is 3.56. The number of halogens is 2. The summed E-state index contributed by atoms with van der Waals surface area (Å²) in [5.41, 5.74) is 1.94. The van der Waals surface area contributed by atoms with Gasteiger partial charge in [0.1, 0.15) is 5.82 Å². The molecular weight excluding hydrogens is 281 g/mol. The van der Waals surface area contributed by atoms with E-state index in [1.165, 1.54) is 12.1 Å². The second-order valence-electron chi connectivity index (χ2n) is 4.28. The molecule has 0 saturated carbocycles. The summed E-state index contributed by atoms with van der Waals surface area (Å²) in [6.45, 7) is 0.316. The number of aliphatic hydroxyl groups excluding tert-OH is 1. The highest BCUT2D eigenvalue weighted by Gasteiger charge is 2.10. The largest absolute Gasteiger partial charge is 0.392 e. The first-order chi connectivity index (χ1) is 9.60. The molecule has 2 aromatic carbocycles. The van der Waals surface area contributed by atoms with Crippen molar-refractivity contribution in [3.8, 4) is 0 Å². The van der Waals surface area contributed by atoms with E-state index in [-0.39, 0.29) is 23.1 Å². The summed E-state index contributed by atoms with van der Waals surface area (Å²) in [6, 6.07) is 10.8. The summed E-state index contributed by atoms with van der Waals surface area (Å²) >= 11 is 5.82. The SMILES string of the molecule is O=C(NCc1ccc(CO)cc1)c1ccc(F)cc1Cl. The van der Waals surface area contributed by atoms with Crippen LogP contribution in [0.15, 0.2) is 42.5 Å². The first-order valence-corrected chi connectivity index (χ1v) is 6.40. The van der Waals surface area contributed by atoms with Crippen LogP contribution in [0.3, 0.4) is 0 Å². The van der Waals surface area contributed by atoms with Crippen molar-refractivity contribution in [2.75, 3.05) is 0 Å². The van der Waals surface area contributed by atoms with Gasteiger partial charge in [0.2, 0.25) is 0 Å². The molecule has 0 saturated heterocycles. The van der Waals surface area contributed by atoms with Crippen LogP contribution < -0.4 is 5.32 Å². The maximum Gasteiger partial charge on any atom is 0.253 e. The van der Waals surface area contributed by atoms with Crippen LogP contribution in [-0.2, 0) is 13.2 Å². The number of aliphatic hydroxyl groups is 1. The summed E-state index contributed by atoms with van der Waals surface area (Å²) in [6.07, 6.45) is 0. The lowest BCUT2D eigenvalue weighted by molar-refractivity contribution is 0.0951. The summed E-state index contributed by atoms with van der Waals surface area (Å²) in [5.74, 6) is -0.840. The van der Waals surface area contributed by atoms with E-state index in [2.05, 4.69) is 5.32 Å². The van der Waals surface area contributed by atoms with Crippen molar-refractivity contribution < 1.29 is 14.3 Å². The molecule has 0 aromatic heterocycles. The Morgan fingerprint density at radius 2 is 1.80 bits per heavy atom. The Hall–Kier alpha value is -1.91. The highest BCUT2D eigenvalue weighted by atomic mass is 35.5. The molecule has 2 aromatic rings. The van der Waals surface area contributed by atoms with Gasteiger partial charge in [0.15, 0.2) is 0 Å². The fraction of sp³-hybridized carbons (Fsp3) is 0.133. The fourth-order valence-corrected chi connectivity index (χ4v) is 1.97. The van der Waals surface area contributed by atoms with Crippen molar-refractivity contribution in [2.45, 2.75) is 13.2 Å². The standard InChI is InChI=1S/C15H13ClFNO2/c16-14-7-12(17)5-6-13(14)15(20)18-8-10-1-3-11(9-19)4-2-10/h1-7,19H,8-9H2,(H,18,20). The Morgan fingerprint density at radius 3 is 2.40 bits per heavy atom. The average molecular weight is 294 g/mol. The molecule has 0 spiro atoms. The molecule has 0 heterocycles. The highest BCUT2D eigenvalue weighted by molar-refractivity contribution is 6.33. The van der Waals surface area contributed by atoms with Crippen LogP contribution in [0.4, 0.5) is 4.39 Å². The Bertz CT molecular complexity index is 614. The fourth-order valence-electron chi connectivity index (χ4n) is 1.71. The second-order valence-corrected chi connectivity index (χ2v) is 4.69. The van der Waals surface area contributed by atoms with Gasteiger partial charge in [0.25, 0.3) is 5.91 Å². The lowest BCUT2D eigenvalue weighted by Crippen LogP contribution is -2.23. The molecule has 0 fully saturated rings. The molecule has 2 rings (SSSR count). The van der Waals surface area contributed by atoms with E-state index in [4.69, 9.17) is 16.7 Å². The molecule has 0 bridgehead atoms. The minimum Gasteiger partial charge on any atom is -0.392 e. The Balaban J connectivity index is 2.00. The number of carbonyl (C=O) groups is 1. The zero-order chi connectivity index (χ0) is 14.5. The molecule has 2 N–H and O–H groups in total. The van der Waals surface area contributed by atoms with E-state index >= 15 is 0 Å². The minimum absolute atomic E-state index is 0.0160. The molecule has 0 unspecified atom stereocenters. The van der Waals surface area contributed by atoms with Crippen molar-refractivity contribution in [3.63, 3.8) is 0 Å². The molecule has 0 radical (unpaired) electrons. The van der Waals surface area contributed by atoms with Gasteiger partial charge in [-0.1, -0.05) is 35.9 Å². The molecule has 0 atom stereocenters. The van der Waals surface area contributed by atoms with Gasteiger partial charge in [0.05, 0.1) is 17.2 Å². The van der Waals surface area contributed by atoms with Crippen LogP contribution in [0.25, 0.3) is 0 Å². The molecule has 20 heavy (non-hydrogen) atoms. The van der Waals surface area contributed by atoms with E-state index in [9.17, 15) is 9.18 Å². The van der Waals surface area contributed by atoms with Gasteiger partial charge in [-0.3, -0.25) is 4.79 Å². The van der Waals surface area contributed by atoms with Gasteiger partial charge in [-0.05, 0) is 29.3 Å². The quantitative estimate of drug-likeness (QED) is 0.910. The first-order valence-electron chi connectivity index (χ1n) is 6.02. The second kappa shape index (κ2) is 6.50. The Labute approximate surface area is 121 Å². The van der Waals surface area contributed by atoms with Gasteiger partial charge >= 0.3 is 0 Å². The van der Waals surface area contributed by atoms with Gasteiger partial charge in [-0.15, -0.1) is 0 Å². The third-order valence-corrected chi connectivity index (χ3v) is 3.15. The Morgan fingerprint density at radius 1 is 1.15 bits per heavy atom. The molecular formula is C15H13ClFNO2. The normalized spacial score (nSPS) is 10.3. The van der Waals surface area contributed by atoms with Crippen LogP contribution in [0.1, 0.15) is 21.5 Å². The van der Waals surface area contributed by atoms with E-state index in [1.54, 1.807) is 12.1 Å². The molecule has 0 aliphatic rings. The monoisotopic (exact) mass is 293 g/mol. The van der Waals surface area contributed by atoms with Crippen molar-refractivity contribution in [1.82, 2.24) is 5.32 Å². The maximum atomic E-state index is 12.9. The van der Waals surface area contributed by atoms with Crippen LogP contribution in [-0.4, -0.2) is 11.0 Å². The average Bonchev–Trinajstić information content (AvgIpc) is 2.45. The summed E-state index contributed by atoms with van der Waals surface area (Å²) in [5, 5.41) is 11.7. The van der Waals surface area contributed by atoms with Gasteiger partial charge in [-0.25, -0.2) is 4.39 Å². The summed E-state index contributed by atoms with van der Waals surface area (Å²) < 4.78 is 12.9. The van der Waals surface area contributed by atoms with Crippen molar-refractivity contribution in [2.24, 2.45) is 0 Å². The molecule has 3 nitrogen and oxygen atoms in total. The topological polar surface area (TPSA) is 49.3 Å². The van der Waals surface area contributed by atoms with Gasteiger partial charge in [0, 0.05) is 6.54 Å². The van der Waals surface area contributed by atoms with Crippen LogP contribution in [0, 0.1) is 5.82 Å². The Kier molecular flexibility index (Phi) is 4.71. The minimum atomic E-state index is -0.480. The van der Waals surface area contributed by atoms with Crippen molar-refractivity contribution in [3.05, 3.63) is 70.0 Å². The van der Waals surface area contributed by atoms with E-state index in [0.29, 0.717) is 6.54 Å². The van der Waals surface area contributed by atoms with E-state index in [0.717, 1.165) is 17.2 Å². The lowest BCUT2D eigenvalue weighted by atomic mass is 10.1. The third-order valence-electron chi connectivity index (χ3n) is 2.83. The number of hydrogen-bond donors (Lipinski definition) is 2. The predicted molar refractivity (Wildman–Crippen MR) is 74.9 cm³/mol. The van der Waals surface area contributed by atoms with E-state index < -0.39 is 5.82 Å². The number of nitrogens with one attached hydrogen (secondary N) is 1. The predicted octanol–water partition coefficient (Wildman–Crippen LogP) is 2.90. The van der Waals surface area contributed by atoms with Gasteiger partial charge in [-0.2, -0.15) is 0 Å². The van der Waals surface area contributed by atoms with E-state index in [1.807, 2.05) is 12.1 Å². The van der Waals surface area contributed by atoms with Crippen molar-refractivity contribution >= 4 is 17.5 Å². The number of amides is 1. The van der Waals surface area contributed by atoms with Crippen LogP contribution in [0.5, 0.6) is 0 Å². The lowest BCUT2D eigenvalue weighted by Gasteiger charge is -2.07. The number of benzene rings is 2. The summed E-state index contributed by atoms with van der Waals surface area (Å²) in [7, 11) is 0. The molecule has 104 valence electrons. The van der Waals surface area contributed by atoms with Crippen LogP contribution in [0.2, 0.25) is 5.02 Å². The number of hydrogen-bond acceptors (Lipinski definition) is 2. The highest BCUT2D eigenvalue weighted by Crippen LogP contribution is 2.17. The number of carbonyl (C=O) groups excluding carboxylic acids is 1. The zero-order valence-electron chi connectivity index (χ0n) is 10.6. The number of rotatable bonds is 4. The first kappa shape index (κ1) is 14.5. The molecule has 5 heteroatoms. The molecule has 0 aliphatic carbocycles. The van der Waals surface area contributed by atoms with Crippen molar-refractivity contribution in [1.29, 1.82) is 0 Å². The zero-order valence-corrected chi connectivity index (χ0v) is 11.3. The molecule has 0 aliphatic heterocycles. The summed E-state index contributed by atoms with van der Waals surface area (Å²) in [4.78, 5) is 11.9.